The van der Waals surface area contributed by atoms with E-state index in [0.29, 0.717) is 11.6 Å². The van der Waals surface area contributed by atoms with Crippen LogP contribution in [0.15, 0.2) is 79.0 Å². The first-order chi connectivity index (χ1) is 11.3. The number of pyridine rings is 1. The van der Waals surface area contributed by atoms with E-state index in [-0.39, 0.29) is 0 Å². The van der Waals surface area contributed by atoms with Crippen molar-refractivity contribution in [3.05, 3.63) is 79.0 Å². The fraction of sp³-hybridized carbons (Fsp3) is 0.105. The first-order valence-corrected chi connectivity index (χ1v) is 7.37. The van der Waals surface area contributed by atoms with Gasteiger partial charge in [0.15, 0.2) is 0 Å². The molecular weight excluding hydrogens is 290 g/mol. The molecule has 1 unspecified atom stereocenters. The molecule has 3 rings (SSSR count). The second-order valence-corrected chi connectivity index (χ2v) is 4.86. The highest BCUT2D eigenvalue weighted by atomic mass is 16.7. The quantitative estimate of drug-likeness (QED) is 0.620. The molecule has 116 valence electrons. The lowest BCUT2D eigenvalue weighted by molar-refractivity contribution is 0.0186. The SMILES string of the molecule is CC(Oc1ccc(Oc2ccccc2)cc1)Oc1ccccn1. The van der Waals surface area contributed by atoms with Crippen LogP contribution in [-0.2, 0) is 0 Å². The third kappa shape index (κ3) is 4.48. The molecule has 0 N–H and O–H groups in total. The van der Waals surface area contributed by atoms with Gasteiger partial charge in [-0.05, 0) is 42.5 Å². The monoisotopic (exact) mass is 307 g/mol. The molecule has 0 spiro atoms. The minimum Gasteiger partial charge on any atom is -0.457 e. The molecule has 1 aromatic heterocycles. The van der Waals surface area contributed by atoms with E-state index in [4.69, 9.17) is 14.2 Å². The van der Waals surface area contributed by atoms with Gasteiger partial charge in [0.25, 0.3) is 0 Å². The highest BCUT2D eigenvalue weighted by molar-refractivity contribution is 5.35. The Kier molecular flexibility index (Phi) is 4.74. The molecule has 4 heteroatoms. The Morgan fingerprint density at radius 1 is 0.696 bits per heavy atom. The number of hydrogen-bond donors (Lipinski definition) is 0. The summed E-state index contributed by atoms with van der Waals surface area (Å²) >= 11 is 0. The molecule has 3 aromatic rings. The molecular formula is C19H17NO3. The number of nitrogens with zero attached hydrogens (tertiary/aromatic N) is 1. The number of para-hydroxylation sites is 1. The molecule has 1 heterocycles. The van der Waals surface area contributed by atoms with Gasteiger partial charge in [-0.3, -0.25) is 0 Å². The zero-order valence-corrected chi connectivity index (χ0v) is 12.8. The van der Waals surface area contributed by atoms with E-state index in [1.54, 1.807) is 12.3 Å². The maximum atomic E-state index is 5.74. The minimum atomic E-state index is -0.439. The summed E-state index contributed by atoms with van der Waals surface area (Å²) in [7, 11) is 0. The summed E-state index contributed by atoms with van der Waals surface area (Å²) in [6.45, 7) is 1.82. The molecule has 0 aliphatic heterocycles. The normalized spacial score (nSPS) is 11.5. The standard InChI is InChI=1S/C19H17NO3/c1-15(22-19-9-5-6-14-20-19)21-17-10-12-18(13-11-17)23-16-7-3-2-4-8-16/h2-15H,1H3. The van der Waals surface area contributed by atoms with Crippen molar-refractivity contribution in [1.82, 2.24) is 4.98 Å². The summed E-state index contributed by atoms with van der Waals surface area (Å²) < 4.78 is 17.0. The van der Waals surface area contributed by atoms with Crippen LogP contribution in [0.5, 0.6) is 23.1 Å². The summed E-state index contributed by atoms with van der Waals surface area (Å²) in [5.41, 5.74) is 0. The molecule has 0 radical (unpaired) electrons. The van der Waals surface area contributed by atoms with Crippen molar-refractivity contribution in [2.45, 2.75) is 13.2 Å². The second-order valence-electron chi connectivity index (χ2n) is 4.86. The summed E-state index contributed by atoms with van der Waals surface area (Å²) in [5.74, 6) is 2.78. The average Bonchev–Trinajstić information content (AvgIpc) is 2.58. The van der Waals surface area contributed by atoms with Crippen molar-refractivity contribution in [2.75, 3.05) is 0 Å². The minimum absolute atomic E-state index is 0.439. The van der Waals surface area contributed by atoms with Crippen LogP contribution in [0.1, 0.15) is 6.92 Å². The molecule has 0 aliphatic rings. The van der Waals surface area contributed by atoms with Gasteiger partial charge in [0, 0.05) is 19.2 Å². The molecule has 1 atom stereocenters. The molecule has 0 aliphatic carbocycles. The van der Waals surface area contributed by atoms with Crippen LogP contribution >= 0.6 is 0 Å². The highest BCUT2D eigenvalue weighted by Crippen LogP contribution is 2.24. The van der Waals surface area contributed by atoms with Gasteiger partial charge in [0.1, 0.15) is 17.2 Å². The predicted octanol–water partition coefficient (Wildman–Crippen LogP) is 4.68. The third-order valence-corrected chi connectivity index (χ3v) is 3.03. The van der Waals surface area contributed by atoms with Gasteiger partial charge >= 0.3 is 0 Å². The number of aromatic nitrogens is 1. The summed E-state index contributed by atoms with van der Waals surface area (Å²) in [4.78, 5) is 4.10. The van der Waals surface area contributed by atoms with E-state index >= 15 is 0 Å². The Bertz CT molecular complexity index is 715. The second kappa shape index (κ2) is 7.31. The predicted molar refractivity (Wildman–Crippen MR) is 87.9 cm³/mol. The first kappa shape index (κ1) is 14.9. The largest absolute Gasteiger partial charge is 0.457 e. The van der Waals surface area contributed by atoms with Crippen molar-refractivity contribution >= 4 is 0 Å². The topological polar surface area (TPSA) is 40.6 Å². The lowest BCUT2D eigenvalue weighted by Gasteiger charge is -2.16. The van der Waals surface area contributed by atoms with E-state index < -0.39 is 6.29 Å². The van der Waals surface area contributed by atoms with Gasteiger partial charge in [-0.1, -0.05) is 24.3 Å². The van der Waals surface area contributed by atoms with Crippen LogP contribution in [0, 0.1) is 0 Å². The Labute approximate surface area is 135 Å². The molecule has 4 nitrogen and oxygen atoms in total. The molecule has 0 saturated carbocycles. The van der Waals surface area contributed by atoms with Gasteiger partial charge < -0.3 is 14.2 Å². The maximum absolute atomic E-state index is 5.74. The summed E-state index contributed by atoms with van der Waals surface area (Å²) in [5, 5.41) is 0. The van der Waals surface area contributed by atoms with Crippen molar-refractivity contribution in [1.29, 1.82) is 0 Å². The van der Waals surface area contributed by atoms with Crippen molar-refractivity contribution < 1.29 is 14.2 Å². The number of rotatable bonds is 6. The third-order valence-electron chi connectivity index (χ3n) is 3.03. The van der Waals surface area contributed by atoms with E-state index in [1.165, 1.54) is 0 Å². The summed E-state index contributed by atoms with van der Waals surface area (Å²) in [6, 6.07) is 22.5. The first-order valence-electron chi connectivity index (χ1n) is 7.37. The van der Waals surface area contributed by atoms with Gasteiger partial charge in [-0.2, -0.15) is 0 Å². The molecule has 0 amide bonds. The zero-order valence-electron chi connectivity index (χ0n) is 12.8. The molecule has 2 aromatic carbocycles. The fourth-order valence-electron chi connectivity index (χ4n) is 2.01. The van der Waals surface area contributed by atoms with Crippen molar-refractivity contribution in [2.24, 2.45) is 0 Å². The highest BCUT2D eigenvalue weighted by Gasteiger charge is 2.06. The number of hydrogen-bond acceptors (Lipinski definition) is 4. The van der Waals surface area contributed by atoms with Crippen LogP contribution in [-0.4, -0.2) is 11.3 Å². The van der Waals surface area contributed by atoms with E-state index in [9.17, 15) is 0 Å². The van der Waals surface area contributed by atoms with E-state index in [2.05, 4.69) is 4.98 Å². The Hall–Kier alpha value is -3.01. The van der Waals surface area contributed by atoms with E-state index in [1.807, 2.05) is 73.7 Å². The van der Waals surface area contributed by atoms with Crippen LogP contribution in [0.25, 0.3) is 0 Å². The lowest BCUT2D eigenvalue weighted by Crippen LogP contribution is -2.20. The van der Waals surface area contributed by atoms with Crippen LogP contribution in [0.2, 0.25) is 0 Å². The molecule has 0 bridgehead atoms. The number of ether oxygens (including phenoxy) is 3. The average molecular weight is 307 g/mol. The Balaban J connectivity index is 1.57. The Morgan fingerprint density at radius 3 is 2.04 bits per heavy atom. The molecule has 23 heavy (non-hydrogen) atoms. The van der Waals surface area contributed by atoms with Crippen LogP contribution in [0.4, 0.5) is 0 Å². The van der Waals surface area contributed by atoms with Gasteiger partial charge in [-0.15, -0.1) is 0 Å². The molecule has 0 saturated heterocycles. The van der Waals surface area contributed by atoms with Gasteiger partial charge in [0.2, 0.25) is 12.2 Å². The summed E-state index contributed by atoms with van der Waals surface area (Å²) in [6.07, 6.45) is 1.24. The lowest BCUT2D eigenvalue weighted by atomic mass is 10.3. The van der Waals surface area contributed by atoms with Gasteiger partial charge in [0.05, 0.1) is 0 Å². The van der Waals surface area contributed by atoms with Gasteiger partial charge in [-0.25, -0.2) is 4.98 Å². The van der Waals surface area contributed by atoms with E-state index in [0.717, 1.165) is 11.5 Å². The zero-order chi connectivity index (χ0) is 15.9. The number of benzene rings is 2. The van der Waals surface area contributed by atoms with Crippen molar-refractivity contribution in [3.8, 4) is 23.1 Å². The molecule has 0 fully saturated rings. The van der Waals surface area contributed by atoms with Crippen molar-refractivity contribution in [3.63, 3.8) is 0 Å². The fourth-order valence-corrected chi connectivity index (χ4v) is 2.01. The van der Waals surface area contributed by atoms with Crippen LogP contribution < -0.4 is 14.2 Å². The Morgan fingerprint density at radius 2 is 1.35 bits per heavy atom. The smallest absolute Gasteiger partial charge is 0.240 e. The van der Waals surface area contributed by atoms with Crippen LogP contribution in [0.3, 0.4) is 0 Å². The maximum Gasteiger partial charge on any atom is 0.240 e.